The minimum Gasteiger partial charge on any atom is -0.731 e. The van der Waals surface area contributed by atoms with Gasteiger partial charge in [0.15, 0.2) is 16.3 Å². The number of nitrogens with zero attached hydrogens (tertiary/aromatic N) is 3. The van der Waals surface area contributed by atoms with Crippen LogP contribution in [0.15, 0.2) is 30.3 Å². The Hall–Kier alpha value is -1.88. The summed E-state index contributed by atoms with van der Waals surface area (Å²) < 4.78 is 38.8. The van der Waals surface area contributed by atoms with E-state index in [4.69, 9.17) is 16.5 Å². The van der Waals surface area contributed by atoms with E-state index in [2.05, 4.69) is 27.7 Å². The zero-order chi connectivity index (χ0) is 28.6. The molecule has 2 amide bonds. The van der Waals surface area contributed by atoms with Crippen molar-refractivity contribution in [3.05, 3.63) is 35.9 Å². The average molecular weight is 576 g/mol. The first-order chi connectivity index (χ1) is 18.0. The molecule has 1 aliphatic heterocycles. The van der Waals surface area contributed by atoms with Gasteiger partial charge in [-0.1, -0.05) is 83.7 Å². The van der Waals surface area contributed by atoms with Crippen LogP contribution < -0.4 is 0 Å². The molecule has 1 unspecified atom stereocenters. The van der Waals surface area contributed by atoms with Gasteiger partial charge in [0.2, 0.25) is 0 Å². The number of carbonyl (C=O) groups is 2. The maximum absolute atomic E-state index is 11.6. The number of quaternary nitrogens is 1. The van der Waals surface area contributed by atoms with Crippen molar-refractivity contribution in [2.24, 2.45) is 0 Å². The molecule has 0 radical (unpaired) electrons. The van der Waals surface area contributed by atoms with Crippen molar-refractivity contribution in [2.45, 2.75) is 91.7 Å². The Morgan fingerprint density at radius 2 is 1.42 bits per heavy atom. The molecule has 9 nitrogen and oxygen atoms in total. The Morgan fingerprint density at radius 1 is 0.974 bits per heavy atom. The van der Waals surface area contributed by atoms with E-state index >= 15 is 0 Å². The average Bonchev–Trinajstić information content (AvgIpc) is 2.90. The molecule has 38 heavy (non-hydrogen) atoms. The summed E-state index contributed by atoms with van der Waals surface area (Å²) in [6.07, 6.45) is 10.1. The van der Waals surface area contributed by atoms with Gasteiger partial charge in [0.05, 0.1) is 32.7 Å². The number of halogens is 1. The number of rotatable bonds is 16. The lowest BCUT2D eigenvalue weighted by molar-refractivity contribution is -0.929. The SMILES string of the molecule is CCCC[N+](CCCC)(CCCC)CCCC.O=C(OCc1ccccc1)N(Cl)C1CN(S(=O)(=O)[O-])C1=O. The zero-order valence-electron chi connectivity index (χ0n) is 23.4. The van der Waals surface area contributed by atoms with E-state index in [1.54, 1.807) is 30.3 Å². The molecule has 0 saturated carbocycles. The second-order valence-corrected chi connectivity index (χ2v) is 11.5. The van der Waals surface area contributed by atoms with E-state index in [0.717, 1.165) is 5.56 Å². The normalized spacial score (nSPS) is 15.4. The van der Waals surface area contributed by atoms with Crippen LogP contribution in [0.2, 0.25) is 0 Å². The Bertz CT molecular complexity index is 894. The maximum atomic E-state index is 11.6. The van der Waals surface area contributed by atoms with E-state index in [9.17, 15) is 22.6 Å². The number of carbonyl (C=O) groups excluding carboxylic acids is 2. The minimum atomic E-state index is -4.87. The summed E-state index contributed by atoms with van der Waals surface area (Å²) in [5, 5.41) is 0. The smallest absolute Gasteiger partial charge is 0.425 e. The molecule has 1 atom stereocenters. The predicted molar refractivity (Wildman–Crippen MR) is 149 cm³/mol. The van der Waals surface area contributed by atoms with E-state index in [0.29, 0.717) is 4.42 Å². The largest absolute Gasteiger partial charge is 0.731 e. The molecule has 1 saturated heterocycles. The Morgan fingerprint density at radius 3 is 1.79 bits per heavy atom. The second-order valence-electron chi connectivity index (χ2n) is 9.84. The van der Waals surface area contributed by atoms with Crippen molar-refractivity contribution in [1.29, 1.82) is 0 Å². The number of unbranched alkanes of at least 4 members (excludes halogenated alkanes) is 4. The van der Waals surface area contributed by atoms with Gasteiger partial charge in [-0.15, -0.1) is 0 Å². The predicted octanol–water partition coefficient (Wildman–Crippen LogP) is 5.45. The van der Waals surface area contributed by atoms with Gasteiger partial charge in [0.1, 0.15) is 6.61 Å². The molecular weight excluding hydrogens is 530 g/mol. The van der Waals surface area contributed by atoms with Gasteiger partial charge >= 0.3 is 6.09 Å². The van der Waals surface area contributed by atoms with Crippen LogP contribution in [-0.2, 0) is 26.4 Å². The third-order valence-corrected chi connectivity index (χ3v) is 7.98. The van der Waals surface area contributed by atoms with Crippen LogP contribution in [0, 0.1) is 0 Å². The Kier molecular flexibility index (Phi) is 15.9. The van der Waals surface area contributed by atoms with E-state index in [1.165, 1.54) is 82.0 Å². The summed E-state index contributed by atoms with van der Waals surface area (Å²) in [5.41, 5.74) is 0.722. The third-order valence-electron chi connectivity index (χ3n) is 6.74. The maximum Gasteiger partial charge on any atom is 0.425 e. The Labute approximate surface area is 234 Å². The first-order valence-electron chi connectivity index (χ1n) is 13.8. The summed E-state index contributed by atoms with van der Waals surface area (Å²) in [7, 11) is -4.87. The molecule has 218 valence electrons. The molecule has 11 heteroatoms. The fourth-order valence-corrected chi connectivity index (χ4v) is 5.16. The highest BCUT2D eigenvalue weighted by molar-refractivity contribution is 7.84. The fourth-order valence-electron chi connectivity index (χ4n) is 4.30. The summed E-state index contributed by atoms with van der Waals surface area (Å²) in [4.78, 5) is 23.1. The van der Waals surface area contributed by atoms with Gasteiger partial charge in [0.25, 0.3) is 5.91 Å². The lowest BCUT2D eigenvalue weighted by Crippen LogP contribution is -2.64. The molecule has 0 spiro atoms. The summed E-state index contributed by atoms with van der Waals surface area (Å²) in [5.74, 6) is -1.06. The molecule has 1 aromatic rings. The molecule has 0 aliphatic carbocycles. The van der Waals surface area contributed by atoms with Gasteiger partial charge in [0, 0.05) is 11.8 Å². The van der Waals surface area contributed by atoms with Crippen LogP contribution in [0.1, 0.15) is 84.6 Å². The lowest BCUT2D eigenvalue weighted by atomic mass is 10.1. The monoisotopic (exact) mass is 575 g/mol. The summed E-state index contributed by atoms with van der Waals surface area (Å²) in [6, 6.07) is 7.54. The second kappa shape index (κ2) is 17.7. The van der Waals surface area contributed by atoms with Crippen molar-refractivity contribution in [3.63, 3.8) is 0 Å². The van der Waals surface area contributed by atoms with E-state index in [-0.39, 0.29) is 10.9 Å². The Balaban J connectivity index is 0.000000391. The van der Waals surface area contributed by atoms with Crippen LogP contribution in [0.4, 0.5) is 4.79 Å². The van der Waals surface area contributed by atoms with Crippen molar-refractivity contribution < 1.29 is 31.8 Å². The summed E-state index contributed by atoms with van der Waals surface area (Å²) >= 11 is 5.62. The van der Waals surface area contributed by atoms with Crippen LogP contribution in [0.3, 0.4) is 0 Å². The van der Waals surface area contributed by atoms with Gasteiger partial charge in [-0.3, -0.25) is 4.79 Å². The van der Waals surface area contributed by atoms with E-state index < -0.39 is 34.9 Å². The fraction of sp³-hybridized carbons (Fsp3) is 0.704. The quantitative estimate of drug-likeness (QED) is 0.112. The van der Waals surface area contributed by atoms with E-state index in [1.807, 2.05) is 0 Å². The van der Waals surface area contributed by atoms with Gasteiger partial charge < -0.3 is 13.8 Å². The zero-order valence-corrected chi connectivity index (χ0v) is 25.0. The molecule has 1 fully saturated rings. The molecular formula is C27H46ClN3O6S. The summed E-state index contributed by atoms with van der Waals surface area (Å²) in [6.45, 7) is 14.5. The minimum absolute atomic E-state index is 0.0482. The number of β-lactam (4-membered cyclic amide) rings is 1. The van der Waals surface area contributed by atoms with Crippen LogP contribution in [0.5, 0.6) is 0 Å². The standard InChI is InChI=1S/C16H36N.C11H11ClN2O6S/c1-5-9-13-17(14-10-6-2,15-11-7-3)16-12-8-4;12-14(9-6-13(10(9)15)21(17,18)19)11(16)20-7-8-4-2-1-3-5-8/h5-16H2,1-4H3;1-5,9H,6-7H2,(H,17,18,19)/q+1;/p-1. The molecule has 2 rings (SSSR count). The van der Waals surface area contributed by atoms with Crippen LogP contribution in [-0.4, -0.2) is 76.9 Å². The van der Waals surface area contributed by atoms with Crippen molar-refractivity contribution in [2.75, 3.05) is 32.7 Å². The first-order valence-corrected chi connectivity index (χ1v) is 15.5. The van der Waals surface area contributed by atoms with Crippen molar-refractivity contribution in [1.82, 2.24) is 8.72 Å². The number of ether oxygens (including phenoxy) is 1. The van der Waals surface area contributed by atoms with Crippen molar-refractivity contribution >= 4 is 34.1 Å². The van der Waals surface area contributed by atoms with Gasteiger partial charge in [-0.2, -0.15) is 0 Å². The number of amides is 2. The van der Waals surface area contributed by atoms with Crippen LogP contribution >= 0.6 is 11.8 Å². The highest BCUT2D eigenvalue weighted by Crippen LogP contribution is 2.22. The number of hydrogen-bond donors (Lipinski definition) is 0. The molecule has 0 aromatic heterocycles. The molecule has 1 aromatic carbocycles. The molecule has 0 bridgehead atoms. The first kappa shape index (κ1) is 34.1. The topological polar surface area (TPSA) is 107 Å². The number of hydrogen-bond acceptors (Lipinski definition) is 6. The van der Waals surface area contributed by atoms with Gasteiger partial charge in [-0.05, 0) is 31.2 Å². The highest BCUT2D eigenvalue weighted by atomic mass is 35.5. The molecule has 1 aliphatic rings. The highest BCUT2D eigenvalue weighted by Gasteiger charge is 2.46. The lowest BCUT2D eigenvalue weighted by Gasteiger charge is -2.41. The van der Waals surface area contributed by atoms with Gasteiger partial charge in [-0.25, -0.2) is 21.9 Å². The third kappa shape index (κ3) is 11.5. The molecule has 0 N–H and O–H groups in total. The number of benzene rings is 1. The van der Waals surface area contributed by atoms with Crippen LogP contribution in [0.25, 0.3) is 0 Å². The van der Waals surface area contributed by atoms with Crippen molar-refractivity contribution in [3.8, 4) is 0 Å². The molecule has 1 heterocycles.